The number of halogens is 1. The number of carbonyl (C=O) groups is 1. The van der Waals surface area contributed by atoms with Gasteiger partial charge < -0.3 is 9.47 Å². The molecule has 1 atom stereocenters. The summed E-state index contributed by atoms with van der Waals surface area (Å²) in [6.07, 6.45) is 6.37. The van der Waals surface area contributed by atoms with Gasteiger partial charge in [0, 0.05) is 23.5 Å². The van der Waals surface area contributed by atoms with Gasteiger partial charge in [0.25, 0.3) is 0 Å². The molecule has 1 saturated heterocycles. The van der Waals surface area contributed by atoms with E-state index >= 15 is 0 Å². The van der Waals surface area contributed by atoms with Crippen molar-refractivity contribution >= 4 is 21.9 Å². The Morgan fingerprint density at radius 2 is 2.41 bits per heavy atom. The molecule has 0 aliphatic carbocycles. The van der Waals surface area contributed by atoms with Crippen molar-refractivity contribution in [2.75, 3.05) is 13.2 Å². The molecule has 0 N–H and O–H groups in total. The number of hydrogen-bond donors (Lipinski definition) is 0. The molecule has 1 fully saturated rings. The Kier molecular flexibility index (Phi) is 4.50. The summed E-state index contributed by atoms with van der Waals surface area (Å²) in [6.45, 7) is 1.09. The fourth-order valence-corrected chi connectivity index (χ4v) is 2.08. The molecule has 1 aromatic rings. The van der Waals surface area contributed by atoms with Gasteiger partial charge in [-0.25, -0.2) is 4.79 Å². The Morgan fingerprint density at radius 1 is 1.53 bits per heavy atom. The lowest BCUT2D eigenvalue weighted by Gasteiger charge is -2.21. The monoisotopic (exact) mass is 299 g/mol. The van der Waals surface area contributed by atoms with E-state index in [9.17, 15) is 4.79 Å². The normalized spacial score (nSPS) is 19.9. The number of ether oxygens (including phenoxy) is 2. The Labute approximate surface area is 108 Å². The van der Waals surface area contributed by atoms with Crippen LogP contribution in [0.5, 0.6) is 0 Å². The van der Waals surface area contributed by atoms with Crippen LogP contribution >= 0.6 is 15.9 Å². The fraction of sp³-hybridized carbons (Fsp3) is 0.500. The van der Waals surface area contributed by atoms with Crippen molar-refractivity contribution in [3.05, 3.63) is 28.5 Å². The fourth-order valence-electron chi connectivity index (χ4n) is 1.71. The largest absolute Gasteiger partial charge is 0.459 e. The predicted octanol–water partition coefficient (Wildman–Crippen LogP) is 2.57. The molecule has 0 amide bonds. The maximum absolute atomic E-state index is 11.7. The second-order valence-electron chi connectivity index (χ2n) is 3.98. The summed E-state index contributed by atoms with van der Waals surface area (Å²) in [5.41, 5.74) is 0.454. The summed E-state index contributed by atoms with van der Waals surface area (Å²) in [5, 5.41) is 0. The molecular formula is C12H14BrNO3. The van der Waals surface area contributed by atoms with Gasteiger partial charge in [0.15, 0.2) is 0 Å². The summed E-state index contributed by atoms with van der Waals surface area (Å²) in [6, 6.07) is 1.69. The molecule has 1 unspecified atom stereocenters. The van der Waals surface area contributed by atoms with Gasteiger partial charge in [-0.1, -0.05) is 0 Å². The molecule has 4 nitrogen and oxygen atoms in total. The van der Waals surface area contributed by atoms with Crippen molar-refractivity contribution in [3.63, 3.8) is 0 Å². The van der Waals surface area contributed by atoms with E-state index in [1.165, 1.54) is 6.20 Å². The zero-order valence-electron chi connectivity index (χ0n) is 9.39. The SMILES string of the molecule is O=C(OCC1CCCCO1)c1cncc(Br)c1. The van der Waals surface area contributed by atoms with Gasteiger partial charge in [-0.2, -0.15) is 0 Å². The second-order valence-corrected chi connectivity index (χ2v) is 4.89. The van der Waals surface area contributed by atoms with Gasteiger partial charge in [-0.15, -0.1) is 0 Å². The minimum Gasteiger partial charge on any atom is -0.459 e. The zero-order chi connectivity index (χ0) is 12.1. The average Bonchev–Trinajstić information content (AvgIpc) is 2.37. The summed E-state index contributed by atoms with van der Waals surface area (Å²) in [7, 11) is 0. The van der Waals surface area contributed by atoms with Crippen LogP contribution < -0.4 is 0 Å². The number of carbonyl (C=O) groups excluding carboxylic acids is 1. The summed E-state index contributed by atoms with van der Waals surface area (Å²) < 4.78 is 11.4. The smallest absolute Gasteiger partial charge is 0.339 e. The topological polar surface area (TPSA) is 48.4 Å². The molecule has 1 aromatic heterocycles. The first-order valence-electron chi connectivity index (χ1n) is 5.65. The van der Waals surface area contributed by atoms with Crippen LogP contribution in [0.3, 0.4) is 0 Å². The summed E-state index contributed by atoms with van der Waals surface area (Å²) in [4.78, 5) is 15.6. The number of aromatic nitrogens is 1. The van der Waals surface area contributed by atoms with Gasteiger partial charge in [0.05, 0.1) is 11.7 Å². The van der Waals surface area contributed by atoms with Crippen LogP contribution in [-0.4, -0.2) is 30.3 Å². The van der Waals surface area contributed by atoms with Crippen LogP contribution in [0.25, 0.3) is 0 Å². The van der Waals surface area contributed by atoms with E-state index in [0.717, 1.165) is 30.3 Å². The van der Waals surface area contributed by atoms with E-state index in [4.69, 9.17) is 9.47 Å². The molecule has 1 aliphatic heterocycles. The van der Waals surface area contributed by atoms with Crippen LogP contribution in [0.1, 0.15) is 29.6 Å². The van der Waals surface area contributed by atoms with E-state index in [1.807, 2.05) is 0 Å². The highest BCUT2D eigenvalue weighted by molar-refractivity contribution is 9.10. The maximum atomic E-state index is 11.7. The van der Waals surface area contributed by atoms with Gasteiger partial charge in [0.2, 0.25) is 0 Å². The number of nitrogens with zero attached hydrogens (tertiary/aromatic N) is 1. The van der Waals surface area contributed by atoms with Gasteiger partial charge >= 0.3 is 5.97 Å². The average molecular weight is 300 g/mol. The van der Waals surface area contributed by atoms with Gasteiger partial charge in [-0.05, 0) is 41.3 Å². The zero-order valence-corrected chi connectivity index (χ0v) is 11.0. The van der Waals surface area contributed by atoms with Crippen LogP contribution in [0, 0.1) is 0 Å². The first kappa shape index (κ1) is 12.5. The number of esters is 1. The minimum atomic E-state index is -0.354. The van der Waals surface area contributed by atoms with Gasteiger partial charge in [-0.3, -0.25) is 4.98 Å². The predicted molar refractivity (Wildman–Crippen MR) is 65.8 cm³/mol. The maximum Gasteiger partial charge on any atom is 0.339 e. The van der Waals surface area contributed by atoms with Crippen molar-refractivity contribution < 1.29 is 14.3 Å². The molecule has 0 spiro atoms. The van der Waals surface area contributed by atoms with E-state index in [0.29, 0.717) is 12.2 Å². The van der Waals surface area contributed by atoms with Gasteiger partial charge in [0.1, 0.15) is 6.61 Å². The first-order chi connectivity index (χ1) is 8.25. The molecule has 2 rings (SSSR count). The molecule has 0 aromatic carbocycles. The summed E-state index contributed by atoms with van der Waals surface area (Å²) in [5.74, 6) is -0.354. The van der Waals surface area contributed by atoms with E-state index in [2.05, 4.69) is 20.9 Å². The lowest BCUT2D eigenvalue weighted by molar-refractivity contribution is -0.0300. The Hall–Kier alpha value is -0.940. The molecule has 0 radical (unpaired) electrons. The highest BCUT2D eigenvalue weighted by Crippen LogP contribution is 2.14. The van der Waals surface area contributed by atoms with Crippen LogP contribution in [0.15, 0.2) is 22.9 Å². The molecule has 1 aliphatic rings. The minimum absolute atomic E-state index is 0.0489. The second kappa shape index (κ2) is 6.12. The Balaban J connectivity index is 1.84. The van der Waals surface area contributed by atoms with Crippen LogP contribution in [0.4, 0.5) is 0 Å². The highest BCUT2D eigenvalue weighted by Gasteiger charge is 2.16. The van der Waals surface area contributed by atoms with E-state index in [1.54, 1.807) is 12.3 Å². The van der Waals surface area contributed by atoms with Crippen molar-refractivity contribution in [3.8, 4) is 0 Å². The molecule has 92 valence electrons. The van der Waals surface area contributed by atoms with Crippen molar-refractivity contribution in [1.82, 2.24) is 4.98 Å². The first-order valence-corrected chi connectivity index (χ1v) is 6.44. The van der Waals surface area contributed by atoms with Crippen molar-refractivity contribution in [2.24, 2.45) is 0 Å². The standard InChI is InChI=1S/C12H14BrNO3/c13-10-5-9(6-14-7-10)12(15)17-8-11-3-1-2-4-16-11/h5-7,11H,1-4,8H2. The molecule has 2 heterocycles. The van der Waals surface area contributed by atoms with E-state index < -0.39 is 0 Å². The summed E-state index contributed by atoms with van der Waals surface area (Å²) >= 11 is 3.26. The third kappa shape index (κ3) is 3.78. The number of hydrogen-bond acceptors (Lipinski definition) is 4. The highest BCUT2D eigenvalue weighted by atomic mass is 79.9. The lowest BCUT2D eigenvalue weighted by Crippen LogP contribution is -2.25. The van der Waals surface area contributed by atoms with Crippen LogP contribution in [-0.2, 0) is 9.47 Å². The van der Waals surface area contributed by atoms with Crippen molar-refractivity contribution in [1.29, 1.82) is 0 Å². The van der Waals surface area contributed by atoms with Crippen LogP contribution in [0.2, 0.25) is 0 Å². The lowest BCUT2D eigenvalue weighted by atomic mass is 10.1. The molecular weight excluding hydrogens is 286 g/mol. The molecule has 0 bridgehead atoms. The molecule has 17 heavy (non-hydrogen) atoms. The van der Waals surface area contributed by atoms with Crippen molar-refractivity contribution in [2.45, 2.75) is 25.4 Å². The number of pyridine rings is 1. The quantitative estimate of drug-likeness (QED) is 0.805. The molecule has 5 heteroatoms. The Bertz CT molecular complexity index is 391. The third-order valence-corrected chi connectivity index (χ3v) is 3.05. The Morgan fingerprint density at radius 3 is 3.12 bits per heavy atom. The molecule has 0 saturated carbocycles. The van der Waals surface area contributed by atoms with E-state index in [-0.39, 0.29) is 12.1 Å². The number of rotatable bonds is 3. The third-order valence-electron chi connectivity index (χ3n) is 2.61.